The molecule has 0 saturated heterocycles. The zero-order valence-corrected chi connectivity index (χ0v) is 10.5. The minimum absolute atomic E-state index is 0. The van der Waals surface area contributed by atoms with E-state index in [1.54, 1.807) is 0 Å². The maximum Gasteiger partial charge on any atom is 2.00 e. The predicted octanol–water partition coefficient (Wildman–Crippen LogP) is -1.84. The first-order valence-electron chi connectivity index (χ1n) is 3.57. The zero-order chi connectivity index (χ0) is 10.2. The van der Waals surface area contributed by atoms with Crippen LogP contribution < -0.4 is 10.2 Å². The van der Waals surface area contributed by atoms with Crippen LogP contribution in [0.4, 0.5) is 0 Å². The van der Waals surface area contributed by atoms with Gasteiger partial charge in [-0.15, -0.1) is 0 Å². The Balaban J connectivity index is 0. The van der Waals surface area contributed by atoms with Gasteiger partial charge in [0.05, 0.1) is 17.4 Å². The fourth-order valence-electron chi connectivity index (χ4n) is 0.696. The molecule has 0 bridgehead atoms. The van der Waals surface area contributed by atoms with Crippen LogP contribution in [-0.2, 0) is 9.59 Å². The van der Waals surface area contributed by atoms with E-state index in [0.29, 0.717) is 0 Å². The van der Waals surface area contributed by atoms with Gasteiger partial charge in [-0.2, -0.15) is 0 Å². The Hall–Kier alpha value is 0.200. The Kier molecular flexibility index (Phi) is 5.57. The minimum Gasteiger partial charge on any atom is -0.549 e. The van der Waals surface area contributed by atoms with E-state index in [9.17, 15) is 19.8 Å². The molecule has 0 radical (unpaired) electrons. The van der Waals surface area contributed by atoms with Crippen molar-refractivity contribution in [3.05, 3.63) is 0 Å². The van der Waals surface area contributed by atoms with Gasteiger partial charge in [0.1, 0.15) is 0 Å². The summed E-state index contributed by atoms with van der Waals surface area (Å²) in [6, 6.07) is 0. The summed E-state index contributed by atoms with van der Waals surface area (Å²) in [6.07, 6.45) is 0. The molecule has 0 amide bonds. The average molecular weight is 212 g/mol. The number of carbonyl (C=O) groups excluding carboxylic acids is 2. The molecule has 0 saturated carbocycles. The molecule has 0 aliphatic rings. The number of hydrogen-bond donors (Lipinski definition) is 0. The van der Waals surface area contributed by atoms with Gasteiger partial charge in [0.15, 0.2) is 0 Å². The molecule has 0 N–H and O–H groups in total. The number of hydrogen-bond acceptors (Lipinski definition) is 4. The fraction of sp³-hybridized carbons (Fsp3) is 0.750. The molecule has 70 valence electrons. The molecule has 0 aromatic carbocycles. The maximum absolute atomic E-state index is 10.6. The topological polar surface area (TPSA) is 80.3 Å². The Bertz CT molecular complexity index is 203. The Morgan fingerprint density at radius 1 is 0.923 bits per heavy atom. The van der Waals surface area contributed by atoms with Gasteiger partial charge >= 0.3 is 37.7 Å². The van der Waals surface area contributed by atoms with E-state index in [2.05, 4.69) is 0 Å². The third-order valence-corrected chi connectivity index (χ3v) is 2.32. The Labute approximate surface area is 107 Å². The summed E-state index contributed by atoms with van der Waals surface area (Å²) in [5.74, 6) is -3.23. The van der Waals surface area contributed by atoms with Crippen LogP contribution in [0, 0.1) is 10.8 Å². The van der Waals surface area contributed by atoms with Gasteiger partial charge in [-0.1, -0.05) is 20.8 Å². The molecule has 0 spiro atoms. The summed E-state index contributed by atoms with van der Waals surface area (Å²) in [5, 5.41) is 21.2. The summed E-state index contributed by atoms with van der Waals surface area (Å²) in [5.41, 5.74) is -2.88. The van der Waals surface area contributed by atoms with E-state index in [-0.39, 0.29) is 37.7 Å². The van der Waals surface area contributed by atoms with Gasteiger partial charge in [-0.05, 0) is 12.3 Å². The SMILES string of the molecule is CC(C)(C)C(C)(C(=O)[O-])C(=O)[O-].[Ca+2]. The zero-order valence-electron chi connectivity index (χ0n) is 8.34. The number of carbonyl (C=O) groups is 2. The van der Waals surface area contributed by atoms with Crippen molar-refractivity contribution in [1.29, 1.82) is 0 Å². The molecule has 0 unspecified atom stereocenters. The first kappa shape index (κ1) is 15.7. The summed E-state index contributed by atoms with van der Waals surface area (Å²) in [7, 11) is 0. The van der Waals surface area contributed by atoms with Crippen molar-refractivity contribution in [2.75, 3.05) is 0 Å². The van der Waals surface area contributed by atoms with E-state index >= 15 is 0 Å². The summed E-state index contributed by atoms with van der Waals surface area (Å²) < 4.78 is 0. The van der Waals surface area contributed by atoms with Gasteiger partial charge in [0, 0.05) is 0 Å². The molecule has 4 nitrogen and oxygen atoms in total. The summed E-state index contributed by atoms with van der Waals surface area (Å²) >= 11 is 0. The van der Waals surface area contributed by atoms with Crippen molar-refractivity contribution < 1.29 is 19.8 Å². The van der Waals surface area contributed by atoms with E-state index in [1.807, 2.05) is 0 Å². The first-order valence-corrected chi connectivity index (χ1v) is 3.57. The monoisotopic (exact) mass is 212 g/mol. The molecule has 0 fully saturated rings. The van der Waals surface area contributed by atoms with Crippen molar-refractivity contribution in [3.8, 4) is 0 Å². The first-order chi connectivity index (χ1) is 5.14. The normalized spacial score (nSPS) is 11.7. The van der Waals surface area contributed by atoms with E-state index < -0.39 is 22.8 Å². The second-order valence-electron chi connectivity index (χ2n) is 3.95. The minimum atomic E-state index is -1.95. The molecular formula is C8H12CaO4. The molecule has 0 aliphatic heterocycles. The van der Waals surface area contributed by atoms with Crippen molar-refractivity contribution in [2.45, 2.75) is 27.7 Å². The Morgan fingerprint density at radius 2 is 1.15 bits per heavy atom. The molecule has 0 atom stereocenters. The molecule has 0 aromatic heterocycles. The van der Waals surface area contributed by atoms with Crippen LogP contribution in [0.25, 0.3) is 0 Å². The van der Waals surface area contributed by atoms with Crippen molar-refractivity contribution in [2.24, 2.45) is 10.8 Å². The van der Waals surface area contributed by atoms with Crippen LogP contribution >= 0.6 is 0 Å². The van der Waals surface area contributed by atoms with Gasteiger partial charge < -0.3 is 19.8 Å². The molecule has 0 rings (SSSR count). The van der Waals surface area contributed by atoms with Gasteiger partial charge in [0.25, 0.3) is 0 Å². The quantitative estimate of drug-likeness (QED) is 0.398. The average Bonchev–Trinajstić information content (AvgIpc) is 1.82. The van der Waals surface area contributed by atoms with Crippen LogP contribution in [0.2, 0.25) is 0 Å². The second kappa shape index (κ2) is 4.62. The van der Waals surface area contributed by atoms with E-state index in [0.717, 1.165) is 6.92 Å². The Morgan fingerprint density at radius 3 is 1.15 bits per heavy atom. The predicted molar refractivity (Wildman–Crippen MR) is 43.3 cm³/mol. The molecule has 0 aromatic rings. The van der Waals surface area contributed by atoms with Crippen LogP contribution in [0.1, 0.15) is 27.7 Å². The fourth-order valence-corrected chi connectivity index (χ4v) is 0.696. The summed E-state index contributed by atoms with van der Waals surface area (Å²) in [6.45, 7) is 5.63. The van der Waals surface area contributed by atoms with Gasteiger partial charge in [-0.25, -0.2) is 0 Å². The standard InChI is InChI=1S/C8H14O4.Ca/c1-7(2,3)8(4,5(9)10)6(11)12;/h1-4H3,(H,9,10)(H,11,12);/q;+2/p-2. The van der Waals surface area contributed by atoms with Crippen molar-refractivity contribution in [3.63, 3.8) is 0 Å². The largest absolute Gasteiger partial charge is 2.00 e. The van der Waals surface area contributed by atoms with Crippen molar-refractivity contribution in [1.82, 2.24) is 0 Å². The molecular weight excluding hydrogens is 200 g/mol. The van der Waals surface area contributed by atoms with Crippen molar-refractivity contribution >= 4 is 49.7 Å². The van der Waals surface area contributed by atoms with E-state index in [4.69, 9.17) is 0 Å². The molecule has 0 aliphatic carbocycles. The molecule has 0 heterocycles. The number of carboxylic acids is 2. The maximum atomic E-state index is 10.6. The van der Waals surface area contributed by atoms with Crippen LogP contribution in [0.3, 0.4) is 0 Å². The number of aliphatic carboxylic acids is 2. The third kappa shape index (κ3) is 2.82. The third-order valence-electron chi connectivity index (χ3n) is 2.32. The van der Waals surface area contributed by atoms with Gasteiger partial charge in [0.2, 0.25) is 0 Å². The number of carboxylic acid groups (broad SMARTS) is 2. The second-order valence-corrected chi connectivity index (χ2v) is 3.95. The van der Waals surface area contributed by atoms with Crippen LogP contribution in [0.15, 0.2) is 0 Å². The number of rotatable bonds is 2. The smallest absolute Gasteiger partial charge is 0.549 e. The van der Waals surface area contributed by atoms with Gasteiger partial charge in [-0.3, -0.25) is 0 Å². The summed E-state index contributed by atoms with van der Waals surface area (Å²) in [4.78, 5) is 21.2. The van der Waals surface area contributed by atoms with Crippen LogP contribution in [-0.4, -0.2) is 49.7 Å². The molecule has 13 heavy (non-hydrogen) atoms. The van der Waals surface area contributed by atoms with E-state index in [1.165, 1.54) is 20.8 Å². The molecule has 5 heteroatoms. The van der Waals surface area contributed by atoms with Crippen LogP contribution in [0.5, 0.6) is 0 Å².